The van der Waals surface area contributed by atoms with Crippen LogP contribution in [0, 0.1) is 5.82 Å². The predicted molar refractivity (Wildman–Crippen MR) is 81.4 cm³/mol. The van der Waals surface area contributed by atoms with Crippen LogP contribution in [0.3, 0.4) is 0 Å². The van der Waals surface area contributed by atoms with Crippen molar-refractivity contribution in [3.8, 4) is 0 Å². The minimum Gasteiger partial charge on any atom is -0.382 e. The maximum absolute atomic E-state index is 13.5. The van der Waals surface area contributed by atoms with Gasteiger partial charge in [0.25, 0.3) is 0 Å². The minimum atomic E-state index is -0.219. The summed E-state index contributed by atoms with van der Waals surface area (Å²) in [6.45, 7) is 0.803. The van der Waals surface area contributed by atoms with E-state index in [0.717, 1.165) is 37.3 Å². The number of nitrogens with one attached hydrogen (secondary N) is 1. The van der Waals surface area contributed by atoms with Gasteiger partial charge in [0.2, 0.25) is 0 Å². The van der Waals surface area contributed by atoms with E-state index in [4.69, 9.17) is 4.74 Å². The molecule has 2 unspecified atom stereocenters. The molecular formula is C14H17BrFNOS. The van der Waals surface area contributed by atoms with Gasteiger partial charge in [0.05, 0.1) is 10.1 Å². The van der Waals surface area contributed by atoms with Gasteiger partial charge < -0.3 is 10.1 Å². The number of rotatable bonds is 2. The second-order valence-corrected chi connectivity index (χ2v) is 7.26. The first-order valence-corrected chi connectivity index (χ1v) is 8.55. The Labute approximate surface area is 125 Å². The normalized spacial score (nSPS) is 30.7. The molecule has 2 fully saturated rings. The Morgan fingerprint density at radius 2 is 2.37 bits per heavy atom. The summed E-state index contributed by atoms with van der Waals surface area (Å²) in [6.07, 6.45) is 3.16. The van der Waals surface area contributed by atoms with E-state index in [9.17, 15) is 4.39 Å². The number of ether oxygens (including phenoxy) is 1. The highest BCUT2D eigenvalue weighted by Crippen LogP contribution is 2.39. The average molecular weight is 346 g/mol. The molecule has 1 aromatic carbocycles. The fourth-order valence-corrected chi connectivity index (χ4v) is 4.46. The Hall–Kier alpha value is -0.260. The minimum absolute atomic E-state index is 0.0640. The lowest BCUT2D eigenvalue weighted by molar-refractivity contribution is -0.0628. The lowest BCUT2D eigenvalue weighted by Crippen LogP contribution is -2.44. The van der Waals surface area contributed by atoms with Gasteiger partial charge in [-0.1, -0.05) is 0 Å². The van der Waals surface area contributed by atoms with Crippen molar-refractivity contribution in [1.82, 2.24) is 0 Å². The third kappa shape index (κ3) is 3.09. The van der Waals surface area contributed by atoms with Gasteiger partial charge in [-0.15, -0.1) is 0 Å². The molecule has 3 rings (SSSR count). The van der Waals surface area contributed by atoms with Crippen LogP contribution in [-0.2, 0) is 4.74 Å². The van der Waals surface area contributed by atoms with E-state index in [0.29, 0.717) is 10.5 Å². The van der Waals surface area contributed by atoms with Crippen molar-refractivity contribution in [1.29, 1.82) is 0 Å². The largest absolute Gasteiger partial charge is 0.382 e. The first-order valence-electron chi connectivity index (χ1n) is 6.60. The predicted octanol–water partition coefficient (Wildman–Crippen LogP) is 4.05. The Bertz CT molecular complexity index is 465. The standard InChI is InChI=1S/C14H17BrFNOS/c15-12-2-1-10(7-13(12)16)17-11-3-5-18-14(8-11)4-6-19-9-14/h1-2,7,11,17H,3-6,8-9H2. The van der Waals surface area contributed by atoms with E-state index < -0.39 is 0 Å². The van der Waals surface area contributed by atoms with E-state index in [2.05, 4.69) is 21.2 Å². The molecule has 2 heterocycles. The highest BCUT2D eigenvalue weighted by molar-refractivity contribution is 9.10. The van der Waals surface area contributed by atoms with Crippen LogP contribution in [0.1, 0.15) is 19.3 Å². The van der Waals surface area contributed by atoms with Crippen molar-refractivity contribution >= 4 is 33.4 Å². The molecule has 1 aromatic rings. The SMILES string of the molecule is Fc1cc(NC2CCOC3(CCSC3)C2)ccc1Br. The maximum atomic E-state index is 13.5. The van der Waals surface area contributed by atoms with E-state index in [-0.39, 0.29) is 11.4 Å². The Kier molecular flexibility index (Phi) is 4.06. The van der Waals surface area contributed by atoms with Crippen molar-refractivity contribution in [3.05, 3.63) is 28.5 Å². The summed E-state index contributed by atoms with van der Waals surface area (Å²) in [6, 6.07) is 5.60. The van der Waals surface area contributed by atoms with Gasteiger partial charge in [0.1, 0.15) is 5.82 Å². The second kappa shape index (κ2) is 5.62. The highest BCUT2D eigenvalue weighted by Gasteiger charge is 2.40. The van der Waals surface area contributed by atoms with Crippen molar-refractivity contribution < 1.29 is 9.13 Å². The molecule has 0 saturated carbocycles. The first-order chi connectivity index (χ1) is 9.17. The van der Waals surface area contributed by atoms with Crippen molar-refractivity contribution in [3.63, 3.8) is 0 Å². The highest BCUT2D eigenvalue weighted by atomic mass is 79.9. The molecule has 2 nitrogen and oxygen atoms in total. The quantitative estimate of drug-likeness (QED) is 0.873. The Morgan fingerprint density at radius 1 is 1.47 bits per heavy atom. The molecule has 1 spiro atoms. The molecule has 104 valence electrons. The summed E-state index contributed by atoms with van der Waals surface area (Å²) in [7, 11) is 0. The summed E-state index contributed by atoms with van der Waals surface area (Å²) in [5.74, 6) is 2.07. The van der Waals surface area contributed by atoms with Gasteiger partial charge in [0, 0.05) is 24.1 Å². The van der Waals surface area contributed by atoms with Gasteiger partial charge in [-0.25, -0.2) is 4.39 Å². The van der Waals surface area contributed by atoms with Gasteiger partial charge in [0.15, 0.2) is 0 Å². The van der Waals surface area contributed by atoms with Crippen LogP contribution >= 0.6 is 27.7 Å². The van der Waals surface area contributed by atoms with Crippen LogP contribution in [0.15, 0.2) is 22.7 Å². The molecule has 0 aliphatic carbocycles. The number of halogens is 2. The molecule has 1 N–H and O–H groups in total. The second-order valence-electron chi connectivity index (χ2n) is 5.30. The smallest absolute Gasteiger partial charge is 0.139 e. The molecule has 0 aromatic heterocycles. The number of thioether (sulfide) groups is 1. The molecular weight excluding hydrogens is 329 g/mol. The van der Waals surface area contributed by atoms with Crippen molar-refractivity contribution in [2.75, 3.05) is 23.4 Å². The van der Waals surface area contributed by atoms with Crippen LogP contribution < -0.4 is 5.32 Å². The molecule has 5 heteroatoms. The van der Waals surface area contributed by atoms with Crippen molar-refractivity contribution in [2.45, 2.75) is 30.9 Å². The monoisotopic (exact) mass is 345 g/mol. The molecule has 2 atom stereocenters. The maximum Gasteiger partial charge on any atom is 0.139 e. The van der Waals surface area contributed by atoms with E-state index in [1.165, 1.54) is 5.75 Å². The van der Waals surface area contributed by atoms with Crippen LogP contribution in [0.4, 0.5) is 10.1 Å². The zero-order chi connectivity index (χ0) is 13.3. The summed E-state index contributed by atoms with van der Waals surface area (Å²) >= 11 is 5.15. The summed E-state index contributed by atoms with van der Waals surface area (Å²) in [5.41, 5.74) is 0.919. The molecule has 0 radical (unpaired) electrons. The number of benzene rings is 1. The lowest BCUT2D eigenvalue weighted by atomic mass is 9.90. The van der Waals surface area contributed by atoms with Crippen LogP contribution in [0.25, 0.3) is 0 Å². The van der Waals surface area contributed by atoms with Crippen LogP contribution in [-0.4, -0.2) is 29.8 Å². The Morgan fingerprint density at radius 3 is 3.11 bits per heavy atom. The fourth-order valence-electron chi connectivity index (χ4n) is 2.84. The van der Waals surface area contributed by atoms with E-state index in [1.807, 2.05) is 17.8 Å². The zero-order valence-electron chi connectivity index (χ0n) is 10.6. The van der Waals surface area contributed by atoms with Gasteiger partial charge in [-0.05, 0) is 59.1 Å². The van der Waals surface area contributed by atoms with Gasteiger partial charge in [-0.2, -0.15) is 11.8 Å². The number of hydrogen-bond donors (Lipinski definition) is 1. The molecule has 19 heavy (non-hydrogen) atoms. The third-order valence-corrected chi connectivity index (χ3v) is 5.72. The fraction of sp³-hybridized carbons (Fsp3) is 0.571. The van der Waals surface area contributed by atoms with E-state index in [1.54, 1.807) is 12.1 Å². The molecule has 0 amide bonds. The van der Waals surface area contributed by atoms with Crippen LogP contribution in [0.5, 0.6) is 0 Å². The van der Waals surface area contributed by atoms with Gasteiger partial charge in [-0.3, -0.25) is 0 Å². The zero-order valence-corrected chi connectivity index (χ0v) is 13.0. The number of anilines is 1. The van der Waals surface area contributed by atoms with Crippen LogP contribution in [0.2, 0.25) is 0 Å². The molecule has 2 aliphatic rings. The Balaban J connectivity index is 1.67. The summed E-state index contributed by atoms with van der Waals surface area (Å²) in [5, 5.41) is 3.45. The third-order valence-electron chi connectivity index (χ3n) is 3.85. The first kappa shape index (κ1) is 13.7. The number of hydrogen-bond acceptors (Lipinski definition) is 3. The lowest BCUT2D eigenvalue weighted by Gasteiger charge is -2.38. The topological polar surface area (TPSA) is 21.3 Å². The summed E-state index contributed by atoms with van der Waals surface area (Å²) in [4.78, 5) is 0. The summed E-state index contributed by atoms with van der Waals surface area (Å²) < 4.78 is 20.0. The van der Waals surface area contributed by atoms with Crippen molar-refractivity contribution in [2.24, 2.45) is 0 Å². The van der Waals surface area contributed by atoms with Gasteiger partial charge >= 0.3 is 0 Å². The average Bonchev–Trinajstić information content (AvgIpc) is 2.82. The molecule has 2 saturated heterocycles. The van der Waals surface area contributed by atoms with E-state index >= 15 is 0 Å². The molecule has 2 aliphatic heterocycles. The molecule has 0 bridgehead atoms.